The van der Waals surface area contributed by atoms with Crippen molar-refractivity contribution in [3.8, 4) is 0 Å². The van der Waals surface area contributed by atoms with Gasteiger partial charge < -0.3 is 27.9 Å². The number of carbonyl (C=O) groups is 2. The first-order chi connectivity index (χ1) is 22.5. The van der Waals surface area contributed by atoms with Gasteiger partial charge in [0.1, 0.15) is 19.8 Å². The molecule has 278 valence electrons. The van der Waals surface area contributed by atoms with E-state index in [1.54, 1.807) is 0 Å². The van der Waals surface area contributed by atoms with E-state index in [9.17, 15) is 19.0 Å². The van der Waals surface area contributed by atoms with Gasteiger partial charge in [-0.3, -0.25) is 14.2 Å². The Morgan fingerprint density at radius 1 is 0.638 bits per heavy atom. The third kappa shape index (κ3) is 34.4. The molecule has 0 aromatic rings. The highest BCUT2D eigenvalue weighted by Crippen LogP contribution is 2.38. The number of allylic oxidation sites excluding steroid dienone is 2. The largest absolute Gasteiger partial charge is 0.756 e. The van der Waals surface area contributed by atoms with E-state index < -0.39 is 32.5 Å². The van der Waals surface area contributed by atoms with Gasteiger partial charge in [0.25, 0.3) is 7.82 Å². The van der Waals surface area contributed by atoms with Crippen molar-refractivity contribution in [2.45, 2.75) is 168 Å². The maximum absolute atomic E-state index is 12.6. The summed E-state index contributed by atoms with van der Waals surface area (Å²) >= 11 is 0. The van der Waals surface area contributed by atoms with Gasteiger partial charge in [-0.2, -0.15) is 0 Å². The fourth-order valence-corrected chi connectivity index (χ4v) is 5.72. The van der Waals surface area contributed by atoms with E-state index in [2.05, 4.69) is 26.0 Å². The van der Waals surface area contributed by atoms with Crippen LogP contribution in [0.25, 0.3) is 0 Å². The highest BCUT2D eigenvalue weighted by Gasteiger charge is 2.21. The van der Waals surface area contributed by atoms with E-state index in [0.29, 0.717) is 17.4 Å². The predicted octanol–water partition coefficient (Wildman–Crippen LogP) is 9.22. The number of nitrogens with zero attached hydrogens (tertiary/aromatic N) is 1. The lowest BCUT2D eigenvalue weighted by molar-refractivity contribution is -0.870. The van der Waals surface area contributed by atoms with Crippen molar-refractivity contribution in [2.75, 3.05) is 47.5 Å². The first-order valence-corrected chi connectivity index (χ1v) is 20.4. The second kappa shape index (κ2) is 30.8. The molecular weight excluding hydrogens is 617 g/mol. The topological polar surface area (TPSA) is 111 Å². The molecule has 0 spiro atoms. The summed E-state index contributed by atoms with van der Waals surface area (Å²) in [5.41, 5.74) is 0. The number of likely N-dealkylation sites (N-methyl/N-ethyl adjacent to an activating group) is 1. The maximum Gasteiger partial charge on any atom is 0.306 e. The lowest BCUT2D eigenvalue weighted by Gasteiger charge is -2.28. The molecule has 0 aromatic heterocycles. The second-order valence-electron chi connectivity index (χ2n) is 13.9. The number of carbonyl (C=O) groups excluding carboxylic acids is 2. The lowest BCUT2D eigenvalue weighted by Crippen LogP contribution is -2.37. The summed E-state index contributed by atoms with van der Waals surface area (Å²) in [7, 11) is 1.16. The second-order valence-corrected chi connectivity index (χ2v) is 15.4. The first kappa shape index (κ1) is 45.8. The zero-order valence-electron chi connectivity index (χ0n) is 31.0. The molecule has 0 fully saturated rings. The Morgan fingerprint density at radius 3 is 1.64 bits per heavy atom. The molecule has 47 heavy (non-hydrogen) atoms. The van der Waals surface area contributed by atoms with Crippen molar-refractivity contribution in [3.05, 3.63) is 12.2 Å². The molecule has 0 radical (unpaired) electrons. The van der Waals surface area contributed by atoms with Crippen molar-refractivity contribution in [1.29, 1.82) is 0 Å². The van der Waals surface area contributed by atoms with Crippen LogP contribution in [0, 0.1) is 0 Å². The molecule has 0 aliphatic rings. The van der Waals surface area contributed by atoms with Crippen LogP contribution in [-0.4, -0.2) is 70.0 Å². The molecule has 10 heteroatoms. The number of rotatable bonds is 34. The van der Waals surface area contributed by atoms with Crippen LogP contribution in [0.5, 0.6) is 0 Å². The van der Waals surface area contributed by atoms with Crippen LogP contribution in [-0.2, 0) is 32.7 Å². The van der Waals surface area contributed by atoms with E-state index >= 15 is 0 Å². The molecule has 0 saturated heterocycles. The zero-order valence-corrected chi connectivity index (χ0v) is 31.9. The van der Waals surface area contributed by atoms with Crippen LogP contribution >= 0.6 is 7.82 Å². The van der Waals surface area contributed by atoms with Gasteiger partial charge in [-0.25, -0.2) is 0 Å². The number of unbranched alkanes of at least 4 members (excludes halogenated alkanes) is 18. The van der Waals surface area contributed by atoms with Gasteiger partial charge in [0.2, 0.25) is 0 Å². The van der Waals surface area contributed by atoms with Crippen molar-refractivity contribution >= 4 is 19.8 Å². The van der Waals surface area contributed by atoms with Crippen molar-refractivity contribution in [3.63, 3.8) is 0 Å². The number of esters is 2. The standard InChI is InChI=1S/C37H72NO8P/c1-6-8-10-12-14-16-18-20-22-24-26-28-30-37(40)46-35(34-45-47(41,42)44-32-31-38(3,4)5)33-43-36(39)29-27-25-23-21-19-17-15-13-11-9-7-2/h13,15,35H,6-12,14,16-34H2,1-5H3/b15-13-/t35-/m1/s1. The molecule has 2 atom stereocenters. The molecule has 9 nitrogen and oxygen atoms in total. The quantitative estimate of drug-likeness (QED) is 0.0216. The van der Waals surface area contributed by atoms with Gasteiger partial charge in [-0.05, 0) is 32.1 Å². The fraction of sp³-hybridized carbons (Fsp3) is 0.892. The van der Waals surface area contributed by atoms with E-state index in [1.165, 1.54) is 70.6 Å². The molecule has 0 aromatic carbocycles. The SMILES string of the molecule is CCCC/C=C\CCCCCCCC(=O)OC[C@H](COP(=O)([O-])OCC[N+](C)(C)C)OC(=O)CCCCCCCCCCCCCC. The Balaban J connectivity index is 4.45. The lowest BCUT2D eigenvalue weighted by atomic mass is 10.0. The van der Waals surface area contributed by atoms with E-state index in [0.717, 1.165) is 57.8 Å². The maximum atomic E-state index is 12.6. The molecule has 0 aliphatic heterocycles. The fourth-order valence-electron chi connectivity index (χ4n) is 4.99. The number of phosphoric ester groups is 1. The number of hydrogen-bond acceptors (Lipinski definition) is 8. The first-order valence-electron chi connectivity index (χ1n) is 18.9. The Labute approximate surface area is 288 Å². The van der Waals surface area contributed by atoms with Crippen molar-refractivity contribution in [1.82, 2.24) is 0 Å². The van der Waals surface area contributed by atoms with Crippen LogP contribution in [0.1, 0.15) is 162 Å². The smallest absolute Gasteiger partial charge is 0.306 e. The summed E-state index contributed by atoms with van der Waals surface area (Å²) in [5, 5.41) is 0. The summed E-state index contributed by atoms with van der Waals surface area (Å²) in [5.74, 6) is -0.844. The number of phosphoric acid groups is 1. The van der Waals surface area contributed by atoms with Crippen LogP contribution in [0.3, 0.4) is 0 Å². The monoisotopic (exact) mass is 689 g/mol. The molecule has 1 unspecified atom stereocenters. The van der Waals surface area contributed by atoms with E-state index in [-0.39, 0.29) is 26.1 Å². The Hall–Kier alpha value is -1.25. The van der Waals surface area contributed by atoms with Gasteiger partial charge in [0.05, 0.1) is 27.7 Å². The summed E-state index contributed by atoms with van der Waals surface area (Å²) in [6.45, 7) is 4.16. The van der Waals surface area contributed by atoms with Crippen molar-refractivity contribution < 1.29 is 42.1 Å². The highest BCUT2D eigenvalue weighted by molar-refractivity contribution is 7.45. The number of hydrogen-bond donors (Lipinski definition) is 0. The predicted molar refractivity (Wildman–Crippen MR) is 190 cm³/mol. The number of quaternary nitrogens is 1. The molecule has 0 saturated carbocycles. The summed E-state index contributed by atoms with van der Waals surface area (Å²) < 4.78 is 33.7. The van der Waals surface area contributed by atoms with E-state index in [4.69, 9.17) is 18.5 Å². The minimum Gasteiger partial charge on any atom is -0.756 e. The Morgan fingerprint density at radius 2 is 1.11 bits per heavy atom. The number of ether oxygens (including phenoxy) is 2. The van der Waals surface area contributed by atoms with Crippen molar-refractivity contribution in [2.24, 2.45) is 0 Å². The molecule has 0 bridgehead atoms. The Kier molecular flexibility index (Phi) is 30.0. The third-order valence-electron chi connectivity index (χ3n) is 8.04. The van der Waals surface area contributed by atoms with Gasteiger partial charge in [-0.1, -0.05) is 129 Å². The van der Waals surface area contributed by atoms with Gasteiger partial charge in [0, 0.05) is 12.8 Å². The third-order valence-corrected chi connectivity index (χ3v) is 9.00. The van der Waals surface area contributed by atoms with Crippen LogP contribution < -0.4 is 4.89 Å². The minimum absolute atomic E-state index is 0.0294. The highest BCUT2D eigenvalue weighted by atomic mass is 31.2. The summed E-state index contributed by atoms with van der Waals surface area (Å²) in [6, 6.07) is 0. The van der Waals surface area contributed by atoms with Crippen LogP contribution in [0.15, 0.2) is 12.2 Å². The van der Waals surface area contributed by atoms with Gasteiger partial charge in [0.15, 0.2) is 6.10 Å². The minimum atomic E-state index is -4.61. The zero-order chi connectivity index (χ0) is 35.1. The van der Waals surface area contributed by atoms with Gasteiger partial charge >= 0.3 is 11.9 Å². The molecule has 0 rings (SSSR count). The van der Waals surface area contributed by atoms with Crippen LogP contribution in [0.4, 0.5) is 0 Å². The average molecular weight is 690 g/mol. The Bertz CT molecular complexity index is 830. The normalized spacial score (nSPS) is 13.9. The molecule has 0 N–H and O–H groups in total. The average Bonchev–Trinajstić information content (AvgIpc) is 3.01. The summed E-state index contributed by atoms with van der Waals surface area (Å²) in [4.78, 5) is 37.2. The molecule has 0 aliphatic carbocycles. The van der Waals surface area contributed by atoms with E-state index in [1.807, 2.05) is 21.1 Å². The molecular formula is C37H72NO8P. The molecule has 0 heterocycles. The van der Waals surface area contributed by atoms with Gasteiger partial charge in [-0.15, -0.1) is 0 Å². The molecule has 0 amide bonds. The summed E-state index contributed by atoms with van der Waals surface area (Å²) in [6.07, 6.45) is 28.1. The van der Waals surface area contributed by atoms with Crippen LogP contribution in [0.2, 0.25) is 0 Å².